The molecule has 6 aromatic rings. The topological polar surface area (TPSA) is 157 Å². The number of aryl methyl sites for hydroxylation is 3. The van der Waals surface area contributed by atoms with Crippen LogP contribution in [0.25, 0.3) is 33.0 Å². The van der Waals surface area contributed by atoms with Crippen LogP contribution in [0.3, 0.4) is 0 Å². The Hall–Kier alpha value is -6.23. The van der Waals surface area contributed by atoms with Crippen LogP contribution in [0.4, 0.5) is 9.18 Å². The van der Waals surface area contributed by atoms with Crippen LogP contribution < -0.4 is 24.3 Å². The van der Waals surface area contributed by atoms with Crippen molar-refractivity contribution in [3.05, 3.63) is 81.9 Å². The molecule has 0 atom stereocenters. The molecular weight excluding hydrogens is 768 g/mol. The minimum Gasteiger partial charge on any atom is -0.497 e. The van der Waals surface area contributed by atoms with Gasteiger partial charge in [0.1, 0.15) is 50.8 Å². The molecule has 6 rings (SSSR count). The molecule has 0 aliphatic rings. The Morgan fingerprint density at radius 2 is 1.59 bits per heavy atom. The number of pyridine rings is 1. The molecule has 0 fully saturated rings. The Bertz CT molecular complexity index is 2430. The molecule has 0 aliphatic carbocycles. The van der Waals surface area contributed by atoms with Gasteiger partial charge < -0.3 is 29.0 Å². The maximum Gasteiger partial charge on any atom is 0.410 e. The molecule has 0 saturated carbocycles. The Morgan fingerprint density at radius 1 is 0.897 bits per heavy atom. The number of benzene rings is 2. The van der Waals surface area contributed by atoms with Crippen LogP contribution in [0.15, 0.2) is 48.7 Å². The van der Waals surface area contributed by atoms with Crippen molar-refractivity contribution in [3.63, 3.8) is 0 Å². The highest BCUT2D eigenvalue weighted by molar-refractivity contribution is 7.15. The van der Waals surface area contributed by atoms with Crippen molar-refractivity contribution in [2.45, 2.75) is 59.8 Å². The molecule has 0 spiro atoms. The van der Waals surface area contributed by atoms with E-state index in [0.29, 0.717) is 73.7 Å². The number of hydrogen-bond acceptors (Lipinski definition) is 12. The van der Waals surface area contributed by atoms with E-state index in [9.17, 15) is 9.59 Å². The fourth-order valence-corrected chi connectivity index (χ4v) is 7.50. The zero-order chi connectivity index (χ0) is 41.5. The summed E-state index contributed by atoms with van der Waals surface area (Å²) in [6, 6.07) is 12.3. The number of aromatic nitrogens is 6. The van der Waals surface area contributed by atoms with Gasteiger partial charge >= 0.3 is 6.09 Å². The number of nitrogens with one attached hydrogen (secondary N) is 1. The van der Waals surface area contributed by atoms with Gasteiger partial charge in [-0.1, -0.05) is 13.3 Å². The van der Waals surface area contributed by atoms with Gasteiger partial charge in [-0.25, -0.2) is 19.2 Å². The van der Waals surface area contributed by atoms with Gasteiger partial charge in [-0.2, -0.15) is 10.2 Å². The molecule has 4 aromatic heterocycles. The predicted molar refractivity (Wildman–Crippen MR) is 217 cm³/mol. The van der Waals surface area contributed by atoms with Crippen molar-refractivity contribution in [3.8, 4) is 45.1 Å². The number of rotatable bonds is 17. The zero-order valence-electron chi connectivity index (χ0n) is 33.8. The first-order valence-electron chi connectivity index (χ1n) is 18.7. The summed E-state index contributed by atoms with van der Waals surface area (Å²) in [6.07, 6.45) is 2.60. The Morgan fingerprint density at radius 3 is 2.24 bits per heavy atom. The molecule has 0 saturated heterocycles. The number of nitrogens with zero attached hydrogens (tertiary/aromatic N) is 7. The molecule has 2 aromatic carbocycles. The molecule has 4 heterocycles. The second-order valence-electron chi connectivity index (χ2n) is 13.3. The lowest BCUT2D eigenvalue weighted by atomic mass is 10.1. The van der Waals surface area contributed by atoms with Gasteiger partial charge in [0.25, 0.3) is 5.91 Å². The van der Waals surface area contributed by atoms with Crippen molar-refractivity contribution < 1.29 is 37.7 Å². The molecule has 1 N–H and O–H groups in total. The second kappa shape index (κ2) is 18.4. The summed E-state index contributed by atoms with van der Waals surface area (Å²) >= 11 is 1.20. The standard InChI is InChI=1S/C41H47FN8O7S/c1-9-11-16-57-41(52)49(22-26-13-15-28(54-6)18-33(26)56-8)23-34-37(46-40(58-34)38-35(42)24(3)47-50(38)10-2)36-29-21-44-48(4)31(29)19-30(45-36)39(51)43-20-25-12-14-27(53-5)17-32(25)55-7/h12-15,17-19,21H,9-11,16,20,22-23H2,1-8H3,(H,43,51). The van der Waals surface area contributed by atoms with E-state index in [1.54, 1.807) is 93.2 Å². The Balaban J connectivity index is 1.47. The monoisotopic (exact) mass is 814 g/mol. The van der Waals surface area contributed by atoms with Gasteiger partial charge in [0.05, 0.1) is 70.4 Å². The molecule has 0 unspecified atom stereocenters. The van der Waals surface area contributed by atoms with Gasteiger partial charge in [0, 0.05) is 48.8 Å². The first-order chi connectivity index (χ1) is 28.0. The lowest BCUT2D eigenvalue weighted by Crippen LogP contribution is -2.31. The van der Waals surface area contributed by atoms with Crippen LogP contribution in [-0.2, 0) is 38.0 Å². The third kappa shape index (κ3) is 8.68. The fraction of sp³-hybridized carbons (Fsp3) is 0.366. The maximum absolute atomic E-state index is 15.9. The van der Waals surface area contributed by atoms with Gasteiger partial charge in [-0.15, -0.1) is 11.3 Å². The first-order valence-corrected chi connectivity index (χ1v) is 19.5. The minimum absolute atomic E-state index is 0.00880. The second-order valence-corrected chi connectivity index (χ2v) is 14.4. The molecule has 0 radical (unpaired) electrons. The molecule has 2 amide bonds. The van der Waals surface area contributed by atoms with Gasteiger partial charge in [-0.05, 0) is 50.6 Å². The van der Waals surface area contributed by atoms with E-state index in [2.05, 4.69) is 15.5 Å². The summed E-state index contributed by atoms with van der Waals surface area (Å²) in [5.74, 6) is 1.31. The van der Waals surface area contributed by atoms with Crippen molar-refractivity contribution >= 4 is 34.2 Å². The smallest absolute Gasteiger partial charge is 0.410 e. The van der Waals surface area contributed by atoms with Crippen molar-refractivity contribution in [2.75, 3.05) is 35.0 Å². The third-order valence-corrected chi connectivity index (χ3v) is 10.6. The fourth-order valence-electron chi connectivity index (χ4n) is 6.38. The summed E-state index contributed by atoms with van der Waals surface area (Å²) in [5, 5.41) is 12.8. The number of unbranched alkanes of at least 4 members (excludes halogenated alkanes) is 1. The average Bonchev–Trinajstić information content (AvgIpc) is 3.92. The SMILES string of the molecule is CCCCOC(=O)N(Cc1ccc(OC)cc1OC)Cc1sc(-c2c(F)c(C)nn2CC)nc1-c1nc(C(=O)NCc2ccc(OC)cc2OC)cc2c1cnn2C. The molecule has 0 aliphatic heterocycles. The van der Waals surface area contributed by atoms with Crippen LogP contribution >= 0.6 is 11.3 Å². The van der Waals surface area contributed by atoms with Crippen LogP contribution in [0.5, 0.6) is 23.0 Å². The Labute approximate surface area is 339 Å². The van der Waals surface area contributed by atoms with E-state index < -0.39 is 17.8 Å². The maximum atomic E-state index is 15.9. The molecule has 0 bridgehead atoms. The van der Waals surface area contributed by atoms with Crippen molar-refractivity contribution in [2.24, 2.45) is 7.05 Å². The van der Waals surface area contributed by atoms with Crippen LogP contribution in [0.1, 0.15) is 58.9 Å². The van der Waals surface area contributed by atoms with Gasteiger partial charge in [-0.3, -0.25) is 19.1 Å². The Kier molecular flexibility index (Phi) is 13.1. The number of fused-ring (bicyclic) bond motifs is 1. The van der Waals surface area contributed by atoms with E-state index in [4.69, 9.17) is 33.7 Å². The molecule has 306 valence electrons. The minimum atomic E-state index is -0.561. The summed E-state index contributed by atoms with van der Waals surface area (Å²) < 4.78 is 46.7. The van der Waals surface area contributed by atoms with E-state index >= 15 is 4.39 Å². The van der Waals surface area contributed by atoms with Crippen LogP contribution in [-0.4, -0.2) is 81.5 Å². The number of methoxy groups -OCH3 is 4. The normalized spacial score (nSPS) is 11.1. The highest BCUT2D eigenvalue weighted by Crippen LogP contribution is 2.39. The quantitative estimate of drug-likeness (QED) is 0.0920. The number of halogens is 1. The summed E-state index contributed by atoms with van der Waals surface area (Å²) in [4.78, 5) is 39.8. The number of carbonyl (C=O) groups excluding carboxylic acids is 2. The molecular formula is C41H47FN8O7S. The highest BCUT2D eigenvalue weighted by Gasteiger charge is 2.29. The molecule has 58 heavy (non-hydrogen) atoms. The average molecular weight is 815 g/mol. The van der Waals surface area contributed by atoms with E-state index in [1.165, 1.54) is 11.3 Å². The number of hydrogen-bond donors (Lipinski definition) is 1. The largest absolute Gasteiger partial charge is 0.497 e. The van der Waals surface area contributed by atoms with E-state index in [-0.39, 0.29) is 43.3 Å². The lowest BCUT2D eigenvalue weighted by Gasteiger charge is -2.23. The molecule has 17 heteroatoms. The zero-order valence-corrected chi connectivity index (χ0v) is 34.7. The van der Waals surface area contributed by atoms with E-state index in [0.717, 1.165) is 12.0 Å². The number of amides is 2. The van der Waals surface area contributed by atoms with Crippen molar-refractivity contribution in [1.82, 2.24) is 39.7 Å². The van der Waals surface area contributed by atoms with E-state index in [1.807, 2.05) is 26.0 Å². The summed E-state index contributed by atoms with van der Waals surface area (Å²) in [7, 11) is 7.98. The molecule has 15 nitrogen and oxygen atoms in total. The van der Waals surface area contributed by atoms with Crippen molar-refractivity contribution in [1.29, 1.82) is 0 Å². The summed E-state index contributed by atoms with van der Waals surface area (Å²) in [5.41, 5.74) is 3.24. The predicted octanol–water partition coefficient (Wildman–Crippen LogP) is 7.33. The lowest BCUT2D eigenvalue weighted by molar-refractivity contribution is 0.0943. The number of carbonyl (C=O) groups is 2. The third-order valence-electron chi connectivity index (χ3n) is 9.56. The first kappa shape index (κ1) is 41.4. The number of ether oxygens (including phenoxy) is 5. The highest BCUT2D eigenvalue weighted by atomic mass is 32.1. The van der Waals surface area contributed by atoms with Crippen LogP contribution in [0.2, 0.25) is 0 Å². The van der Waals surface area contributed by atoms with Gasteiger partial charge in [0.2, 0.25) is 0 Å². The summed E-state index contributed by atoms with van der Waals surface area (Å²) in [6.45, 7) is 6.32. The number of thiazole rings is 1. The van der Waals surface area contributed by atoms with Crippen LogP contribution in [0, 0.1) is 12.7 Å². The van der Waals surface area contributed by atoms with Gasteiger partial charge in [0.15, 0.2) is 5.82 Å².